The monoisotopic (exact) mass is 260 g/mol. The van der Waals surface area contributed by atoms with Crippen molar-refractivity contribution in [1.29, 1.82) is 5.26 Å². The Morgan fingerprint density at radius 1 is 1.53 bits per heavy atom. The molecule has 4 heteroatoms. The van der Waals surface area contributed by atoms with E-state index >= 15 is 0 Å². The first kappa shape index (κ1) is 15.0. The van der Waals surface area contributed by atoms with Crippen molar-refractivity contribution < 1.29 is 9.53 Å². The zero-order valence-corrected chi connectivity index (χ0v) is 11.9. The van der Waals surface area contributed by atoms with Crippen LogP contribution in [0.4, 0.5) is 0 Å². The second-order valence-electron chi connectivity index (χ2n) is 4.58. The van der Waals surface area contributed by atoms with Crippen molar-refractivity contribution in [2.45, 2.75) is 20.8 Å². The van der Waals surface area contributed by atoms with Crippen LogP contribution in [-0.2, 0) is 0 Å². The van der Waals surface area contributed by atoms with Gasteiger partial charge in [-0.25, -0.2) is 0 Å². The average Bonchev–Trinajstić information content (AvgIpc) is 2.43. The summed E-state index contributed by atoms with van der Waals surface area (Å²) >= 11 is 0. The fourth-order valence-electron chi connectivity index (χ4n) is 1.89. The van der Waals surface area contributed by atoms with Crippen molar-refractivity contribution in [3.05, 3.63) is 29.3 Å². The molecule has 0 saturated heterocycles. The maximum atomic E-state index is 12.5. The summed E-state index contributed by atoms with van der Waals surface area (Å²) in [5, 5.41) is 8.86. The van der Waals surface area contributed by atoms with E-state index in [0.29, 0.717) is 24.4 Å². The van der Waals surface area contributed by atoms with E-state index in [0.717, 1.165) is 5.56 Å². The van der Waals surface area contributed by atoms with Crippen LogP contribution in [0.1, 0.15) is 29.8 Å². The van der Waals surface area contributed by atoms with Crippen molar-refractivity contribution in [3.63, 3.8) is 0 Å². The Morgan fingerprint density at radius 2 is 2.21 bits per heavy atom. The number of nitrogens with zero attached hydrogens (tertiary/aromatic N) is 2. The second-order valence-corrected chi connectivity index (χ2v) is 4.58. The molecule has 0 heterocycles. The van der Waals surface area contributed by atoms with Crippen molar-refractivity contribution in [2.24, 2.45) is 5.92 Å². The lowest BCUT2D eigenvalue weighted by Crippen LogP contribution is -2.34. The van der Waals surface area contributed by atoms with Gasteiger partial charge < -0.3 is 9.64 Å². The van der Waals surface area contributed by atoms with E-state index in [2.05, 4.69) is 6.07 Å². The fraction of sp³-hybridized carbons (Fsp3) is 0.467. The summed E-state index contributed by atoms with van der Waals surface area (Å²) in [7, 11) is 1.55. The Labute approximate surface area is 114 Å². The standard InChI is InChI=1S/C15H20N2O2/c1-5-17(10-12(3)9-16)15(18)13-8-11(2)6-7-14(13)19-4/h6-8,12H,5,10H2,1-4H3. The number of methoxy groups -OCH3 is 1. The van der Waals surface area contributed by atoms with Gasteiger partial charge in [0.1, 0.15) is 5.75 Å². The minimum absolute atomic E-state index is 0.0925. The maximum Gasteiger partial charge on any atom is 0.257 e. The molecule has 1 aromatic carbocycles. The number of hydrogen-bond donors (Lipinski definition) is 0. The number of carbonyl (C=O) groups excluding carboxylic acids is 1. The molecule has 0 radical (unpaired) electrons. The first-order valence-corrected chi connectivity index (χ1v) is 6.37. The molecular weight excluding hydrogens is 240 g/mol. The van der Waals surface area contributed by atoms with E-state index in [1.54, 1.807) is 18.1 Å². The zero-order valence-electron chi connectivity index (χ0n) is 11.9. The van der Waals surface area contributed by atoms with Gasteiger partial charge in [-0.05, 0) is 32.9 Å². The summed E-state index contributed by atoms with van der Waals surface area (Å²) < 4.78 is 5.23. The molecule has 0 aliphatic heterocycles. The number of rotatable bonds is 5. The lowest BCUT2D eigenvalue weighted by atomic mass is 10.1. The van der Waals surface area contributed by atoms with E-state index in [9.17, 15) is 4.79 Å². The number of hydrogen-bond acceptors (Lipinski definition) is 3. The summed E-state index contributed by atoms with van der Waals surface area (Å²) in [5.74, 6) is 0.295. The summed E-state index contributed by atoms with van der Waals surface area (Å²) in [6.07, 6.45) is 0. The molecule has 0 N–H and O–H groups in total. The van der Waals surface area contributed by atoms with Crippen LogP contribution in [0.5, 0.6) is 5.75 Å². The highest BCUT2D eigenvalue weighted by molar-refractivity contribution is 5.97. The Morgan fingerprint density at radius 3 is 2.74 bits per heavy atom. The van der Waals surface area contributed by atoms with Crippen LogP contribution in [-0.4, -0.2) is 31.0 Å². The van der Waals surface area contributed by atoms with Gasteiger partial charge in [0.25, 0.3) is 5.91 Å². The van der Waals surface area contributed by atoms with Gasteiger partial charge in [-0.3, -0.25) is 4.79 Å². The molecule has 4 nitrogen and oxygen atoms in total. The van der Waals surface area contributed by atoms with E-state index in [-0.39, 0.29) is 11.8 Å². The van der Waals surface area contributed by atoms with Crippen molar-refractivity contribution >= 4 is 5.91 Å². The van der Waals surface area contributed by atoms with Crippen molar-refractivity contribution in [3.8, 4) is 11.8 Å². The number of amides is 1. The molecule has 1 aromatic rings. The maximum absolute atomic E-state index is 12.5. The van der Waals surface area contributed by atoms with E-state index < -0.39 is 0 Å². The molecule has 0 bridgehead atoms. The summed E-state index contributed by atoms with van der Waals surface area (Å²) in [5.41, 5.74) is 1.56. The molecule has 0 aromatic heterocycles. The Balaban J connectivity index is 3.03. The number of aryl methyl sites for hydroxylation is 1. The topological polar surface area (TPSA) is 53.3 Å². The molecule has 102 valence electrons. The highest BCUT2D eigenvalue weighted by Gasteiger charge is 2.20. The fourth-order valence-corrected chi connectivity index (χ4v) is 1.89. The minimum atomic E-state index is -0.181. The normalized spacial score (nSPS) is 11.5. The minimum Gasteiger partial charge on any atom is -0.496 e. The molecule has 1 amide bonds. The Bertz CT molecular complexity index is 491. The molecule has 1 rings (SSSR count). The van der Waals surface area contributed by atoms with Gasteiger partial charge in [-0.15, -0.1) is 0 Å². The first-order chi connectivity index (χ1) is 9.03. The van der Waals surface area contributed by atoms with Crippen LogP contribution in [0.15, 0.2) is 18.2 Å². The molecule has 1 atom stereocenters. The van der Waals surface area contributed by atoms with Crippen LogP contribution >= 0.6 is 0 Å². The van der Waals surface area contributed by atoms with Crippen molar-refractivity contribution in [1.82, 2.24) is 4.90 Å². The summed E-state index contributed by atoms with van der Waals surface area (Å²) in [6.45, 7) is 6.66. The van der Waals surface area contributed by atoms with Gasteiger partial charge in [-0.2, -0.15) is 5.26 Å². The van der Waals surface area contributed by atoms with Gasteiger partial charge in [-0.1, -0.05) is 11.6 Å². The molecule has 1 unspecified atom stereocenters. The van der Waals surface area contributed by atoms with Gasteiger partial charge in [0.15, 0.2) is 0 Å². The van der Waals surface area contributed by atoms with Gasteiger partial charge in [0.2, 0.25) is 0 Å². The number of benzene rings is 1. The molecule has 0 aliphatic rings. The van der Waals surface area contributed by atoms with Crippen LogP contribution in [0, 0.1) is 24.2 Å². The van der Waals surface area contributed by atoms with Crippen LogP contribution in [0.2, 0.25) is 0 Å². The average molecular weight is 260 g/mol. The third-order valence-corrected chi connectivity index (χ3v) is 2.97. The van der Waals surface area contributed by atoms with E-state index in [1.807, 2.05) is 32.9 Å². The largest absolute Gasteiger partial charge is 0.496 e. The SMILES string of the molecule is CCN(CC(C)C#N)C(=O)c1cc(C)ccc1OC. The third-order valence-electron chi connectivity index (χ3n) is 2.97. The first-order valence-electron chi connectivity index (χ1n) is 6.37. The van der Waals surface area contributed by atoms with Crippen LogP contribution in [0.25, 0.3) is 0 Å². The van der Waals surface area contributed by atoms with Gasteiger partial charge in [0.05, 0.1) is 24.7 Å². The Kier molecular flexibility index (Phi) is 5.37. The highest BCUT2D eigenvalue weighted by atomic mass is 16.5. The molecule has 0 fully saturated rings. The van der Waals surface area contributed by atoms with Crippen LogP contribution in [0.3, 0.4) is 0 Å². The number of nitriles is 1. The molecule has 0 saturated carbocycles. The highest BCUT2D eigenvalue weighted by Crippen LogP contribution is 2.21. The van der Waals surface area contributed by atoms with Gasteiger partial charge >= 0.3 is 0 Å². The Hall–Kier alpha value is -2.02. The van der Waals surface area contributed by atoms with Crippen LogP contribution < -0.4 is 4.74 Å². The summed E-state index contributed by atoms with van der Waals surface area (Å²) in [6, 6.07) is 7.67. The lowest BCUT2D eigenvalue weighted by molar-refractivity contribution is 0.0749. The van der Waals surface area contributed by atoms with Gasteiger partial charge in [0, 0.05) is 13.1 Å². The molecule has 19 heavy (non-hydrogen) atoms. The molecule has 0 aliphatic carbocycles. The smallest absolute Gasteiger partial charge is 0.257 e. The molecule has 0 spiro atoms. The second kappa shape index (κ2) is 6.79. The summed E-state index contributed by atoms with van der Waals surface area (Å²) in [4.78, 5) is 14.2. The predicted molar refractivity (Wildman–Crippen MR) is 74.1 cm³/mol. The zero-order chi connectivity index (χ0) is 14.4. The van der Waals surface area contributed by atoms with E-state index in [1.165, 1.54) is 0 Å². The molecular formula is C15H20N2O2. The number of ether oxygens (including phenoxy) is 1. The quantitative estimate of drug-likeness (QED) is 0.817. The predicted octanol–water partition coefficient (Wildman–Crippen LogP) is 2.63. The lowest BCUT2D eigenvalue weighted by Gasteiger charge is -2.23. The third kappa shape index (κ3) is 3.72. The number of carbonyl (C=O) groups is 1. The van der Waals surface area contributed by atoms with Crippen molar-refractivity contribution in [2.75, 3.05) is 20.2 Å². The van der Waals surface area contributed by atoms with E-state index in [4.69, 9.17) is 10.00 Å².